The van der Waals surface area contributed by atoms with Gasteiger partial charge in [-0.05, 0) is 17.7 Å². The van der Waals surface area contributed by atoms with Crippen LogP contribution in [-0.2, 0) is 5.11 Å². The molecule has 2 aromatic carbocycles. The van der Waals surface area contributed by atoms with E-state index in [0.29, 0.717) is 11.3 Å². The van der Waals surface area contributed by atoms with E-state index in [1.165, 1.54) is 0 Å². The third-order valence-corrected chi connectivity index (χ3v) is 3.07. The molecule has 89 valence electrons. The Kier molecular flexibility index (Phi) is 2.61. The van der Waals surface area contributed by atoms with Gasteiger partial charge in [-0.1, -0.05) is 42.5 Å². The first kappa shape index (κ1) is 11.0. The average Bonchev–Trinajstić information content (AvgIpc) is 2.44. The Labute approximate surface area is 105 Å². The van der Waals surface area contributed by atoms with E-state index in [1.807, 2.05) is 18.2 Å². The first-order valence-corrected chi connectivity index (χ1v) is 5.78. The number of para-hydroxylation sites is 1. The van der Waals surface area contributed by atoms with Gasteiger partial charge >= 0.3 is 0 Å². The third kappa shape index (κ3) is 1.69. The highest BCUT2D eigenvalue weighted by molar-refractivity contribution is 6.03. The molecule has 0 aliphatic carbocycles. The van der Waals surface area contributed by atoms with E-state index in [0.717, 1.165) is 5.56 Å². The number of Topliss-reactive ketones (excluding diaryl/α,β-unsaturated/α-hetero) is 1. The molecule has 18 heavy (non-hydrogen) atoms. The van der Waals surface area contributed by atoms with Gasteiger partial charge in [-0.2, -0.15) is 0 Å². The van der Waals surface area contributed by atoms with E-state index >= 15 is 0 Å². The molecule has 0 spiro atoms. The van der Waals surface area contributed by atoms with Crippen LogP contribution < -0.4 is 4.74 Å². The lowest BCUT2D eigenvalue weighted by atomic mass is 9.94. The standard InChI is InChI=1S/C15H11O3/c16-13-11-8-4-5-9-12(11)18-15(14(13)17)10-6-2-1-3-7-10/h1-9,14-15H. The molecule has 1 aliphatic heterocycles. The second-order valence-corrected chi connectivity index (χ2v) is 4.23. The van der Waals surface area contributed by atoms with Crippen LogP contribution in [0.3, 0.4) is 0 Å². The van der Waals surface area contributed by atoms with Gasteiger partial charge in [0, 0.05) is 0 Å². The number of ketones is 1. The quantitative estimate of drug-likeness (QED) is 0.768. The Hall–Kier alpha value is -2.13. The molecule has 0 amide bonds. The number of rotatable bonds is 1. The molecule has 0 saturated heterocycles. The average molecular weight is 239 g/mol. The summed E-state index contributed by atoms with van der Waals surface area (Å²) in [7, 11) is 0. The van der Waals surface area contributed by atoms with E-state index in [9.17, 15) is 9.90 Å². The number of carbonyl (C=O) groups is 1. The molecular weight excluding hydrogens is 228 g/mol. The van der Waals surface area contributed by atoms with Gasteiger partial charge in [-0.3, -0.25) is 4.79 Å². The van der Waals surface area contributed by atoms with Crippen LogP contribution in [0.1, 0.15) is 22.0 Å². The second-order valence-electron chi connectivity index (χ2n) is 4.23. The fourth-order valence-corrected chi connectivity index (χ4v) is 2.15. The lowest BCUT2D eigenvalue weighted by Gasteiger charge is -2.28. The number of carbonyl (C=O) groups excluding carboxylic acids is 1. The van der Waals surface area contributed by atoms with Crippen molar-refractivity contribution in [2.24, 2.45) is 0 Å². The smallest absolute Gasteiger partial charge is 0.202 e. The molecular formula is C15H11O3. The topological polar surface area (TPSA) is 46.2 Å². The largest absolute Gasteiger partial charge is 0.482 e. The van der Waals surface area contributed by atoms with Crippen LogP contribution in [-0.4, -0.2) is 11.9 Å². The predicted octanol–water partition coefficient (Wildman–Crippen LogP) is 2.80. The Morgan fingerprint density at radius 2 is 1.56 bits per heavy atom. The maximum Gasteiger partial charge on any atom is 0.202 e. The van der Waals surface area contributed by atoms with E-state index in [4.69, 9.17) is 4.74 Å². The first-order chi connectivity index (χ1) is 8.77. The molecule has 2 aromatic rings. The zero-order valence-electron chi connectivity index (χ0n) is 9.58. The fraction of sp³-hybridized carbons (Fsp3) is 0.133. The van der Waals surface area contributed by atoms with Gasteiger partial charge in [0.25, 0.3) is 0 Å². The van der Waals surface area contributed by atoms with Crippen LogP contribution in [0.2, 0.25) is 0 Å². The van der Waals surface area contributed by atoms with Crippen LogP contribution in [0, 0.1) is 0 Å². The molecule has 1 heterocycles. The summed E-state index contributed by atoms with van der Waals surface area (Å²) in [6, 6.07) is 16.0. The second kappa shape index (κ2) is 4.27. The maximum absolute atomic E-state index is 12.1. The number of benzene rings is 2. The van der Waals surface area contributed by atoms with Crippen molar-refractivity contribution in [3.63, 3.8) is 0 Å². The van der Waals surface area contributed by atoms with Crippen molar-refractivity contribution in [2.45, 2.75) is 12.2 Å². The van der Waals surface area contributed by atoms with Crippen LogP contribution in [0.25, 0.3) is 0 Å². The molecule has 1 radical (unpaired) electrons. The summed E-state index contributed by atoms with van der Waals surface area (Å²) < 4.78 is 5.67. The first-order valence-electron chi connectivity index (χ1n) is 5.78. The molecule has 1 aliphatic rings. The van der Waals surface area contributed by atoms with Crippen molar-refractivity contribution in [1.82, 2.24) is 0 Å². The highest BCUT2D eigenvalue weighted by Gasteiger charge is 2.37. The molecule has 0 saturated carbocycles. The molecule has 0 N–H and O–H groups in total. The summed E-state index contributed by atoms with van der Waals surface area (Å²) in [5.41, 5.74) is 1.12. The summed E-state index contributed by atoms with van der Waals surface area (Å²) in [5, 5.41) is 12.1. The molecule has 0 fully saturated rings. The molecule has 0 aromatic heterocycles. The number of fused-ring (bicyclic) bond motifs is 1. The van der Waals surface area contributed by atoms with Crippen molar-refractivity contribution in [3.8, 4) is 5.75 Å². The van der Waals surface area contributed by atoms with Crippen molar-refractivity contribution in [3.05, 3.63) is 65.7 Å². The highest BCUT2D eigenvalue weighted by atomic mass is 16.5. The zero-order chi connectivity index (χ0) is 12.5. The molecule has 3 rings (SSSR count). The van der Waals surface area contributed by atoms with E-state index in [1.54, 1.807) is 36.4 Å². The minimum atomic E-state index is -1.40. The van der Waals surface area contributed by atoms with Gasteiger partial charge in [0.1, 0.15) is 5.75 Å². The highest BCUT2D eigenvalue weighted by Crippen LogP contribution is 2.34. The van der Waals surface area contributed by atoms with Crippen LogP contribution in [0.5, 0.6) is 5.75 Å². The molecule has 3 heteroatoms. The summed E-state index contributed by atoms with van der Waals surface area (Å²) in [6.45, 7) is 0. The Morgan fingerprint density at radius 3 is 2.33 bits per heavy atom. The van der Waals surface area contributed by atoms with E-state index in [2.05, 4.69) is 0 Å². The van der Waals surface area contributed by atoms with Gasteiger partial charge in [-0.15, -0.1) is 0 Å². The molecule has 0 bridgehead atoms. The van der Waals surface area contributed by atoms with Gasteiger partial charge in [0.15, 0.2) is 12.2 Å². The number of ether oxygens (including phenoxy) is 1. The normalized spacial score (nSPS) is 22.2. The third-order valence-electron chi connectivity index (χ3n) is 3.07. The summed E-state index contributed by atoms with van der Waals surface area (Å²) in [6.07, 6.45) is -2.14. The van der Waals surface area contributed by atoms with Gasteiger partial charge in [0.05, 0.1) is 5.56 Å². The Balaban J connectivity index is 2.04. The molecule has 2 unspecified atom stereocenters. The van der Waals surface area contributed by atoms with Crippen LogP contribution in [0.4, 0.5) is 0 Å². The van der Waals surface area contributed by atoms with Gasteiger partial charge in [0.2, 0.25) is 5.78 Å². The monoisotopic (exact) mass is 239 g/mol. The van der Waals surface area contributed by atoms with Crippen molar-refractivity contribution in [1.29, 1.82) is 0 Å². The SMILES string of the molecule is [O]C1C(=O)c2ccccc2OC1c1ccccc1. The zero-order valence-corrected chi connectivity index (χ0v) is 9.58. The van der Waals surface area contributed by atoms with Crippen molar-refractivity contribution < 1.29 is 14.6 Å². The van der Waals surface area contributed by atoms with Crippen molar-refractivity contribution in [2.75, 3.05) is 0 Å². The van der Waals surface area contributed by atoms with Crippen LogP contribution in [0.15, 0.2) is 54.6 Å². The fourth-order valence-electron chi connectivity index (χ4n) is 2.15. The van der Waals surface area contributed by atoms with Crippen molar-refractivity contribution >= 4 is 5.78 Å². The lowest BCUT2D eigenvalue weighted by Crippen LogP contribution is -2.35. The summed E-state index contributed by atoms with van der Waals surface area (Å²) >= 11 is 0. The molecule has 2 atom stereocenters. The number of hydrogen-bond acceptors (Lipinski definition) is 2. The predicted molar refractivity (Wildman–Crippen MR) is 65.1 cm³/mol. The maximum atomic E-state index is 12.1. The van der Waals surface area contributed by atoms with E-state index < -0.39 is 18.0 Å². The summed E-state index contributed by atoms with van der Waals surface area (Å²) in [4.78, 5) is 12.0. The minimum absolute atomic E-state index is 0.379. The van der Waals surface area contributed by atoms with Gasteiger partial charge in [-0.25, -0.2) is 5.11 Å². The number of hydrogen-bond donors (Lipinski definition) is 0. The Morgan fingerprint density at radius 1 is 0.889 bits per heavy atom. The van der Waals surface area contributed by atoms with Gasteiger partial charge < -0.3 is 4.74 Å². The minimum Gasteiger partial charge on any atom is -0.482 e. The Bertz CT molecular complexity index is 577. The lowest BCUT2D eigenvalue weighted by molar-refractivity contribution is -0.0108. The summed E-state index contributed by atoms with van der Waals surface area (Å²) in [5.74, 6) is 0.0918. The molecule has 3 nitrogen and oxygen atoms in total. The van der Waals surface area contributed by atoms with Crippen LogP contribution >= 0.6 is 0 Å². The van der Waals surface area contributed by atoms with E-state index in [-0.39, 0.29) is 0 Å².